The number of anilines is 1. The van der Waals surface area contributed by atoms with Gasteiger partial charge in [-0.05, 0) is 29.7 Å². The molecule has 0 saturated carbocycles. The highest BCUT2D eigenvalue weighted by molar-refractivity contribution is 7.98. The molecule has 5 nitrogen and oxygen atoms in total. The van der Waals surface area contributed by atoms with Crippen LogP contribution in [-0.4, -0.2) is 20.7 Å². The van der Waals surface area contributed by atoms with Gasteiger partial charge in [0.1, 0.15) is 0 Å². The third-order valence-electron chi connectivity index (χ3n) is 5.39. The van der Waals surface area contributed by atoms with E-state index in [9.17, 15) is 4.79 Å². The Morgan fingerprint density at radius 3 is 2.15 bits per heavy atom. The van der Waals surface area contributed by atoms with Gasteiger partial charge >= 0.3 is 0 Å². The zero-order valence-electron chi connectivity index (χ0n) is 18.3. The van der Waals surface area contributed by atoms with Crippen molar-refractivity contribution in [1.29, 1.82) is 0 Å². The van der Waals surface area contributed by atoms with E-state index in [0.29, 0.717) is 24.7 Å². The first kappa shape index (κ1) is 23.1. The van der Waals surface area contributed by atoms with E-state index in [4.69, 9.17) is 11.6 Å². The van der Waals surface area contributed by atoms with E-state index in [1.807, 2.05) is 72.2 Å². The maximum atomic E-state index is 13.1. The maximum Gasteiger partial charge on any atom is 0.231 e. The normalized spacial score (nSPS) is 11.0. The summed E-state index contributed by atoms with van der Waals surface area (Å²) in [6.45, 7) is 2.66. The lowest BCUT2D eigenvalue weighted by Crippen LogP contribution is -2.19. The van der Waals surface area contributed by atoms with E-state index in [0.717, 1.165) is 26.9 Å². The van der Waals surface area contributed by atoms with Crippen LogP contribution in [0.5, 0.6) is 0 Å². The first-order valence-corrected chi connectivity index (χ1v) is 12.2. The molecule has 4 aromatic rings. The average molecular weight is 477 g/mol. The largest absolute Gasteiger partial charge is 0.295 e. The van der Waals surface area contributed by atoms with Crippen LogP contribution in [0.3, 0.4) is 0 Å². The number of carbonyl (C=O) groups excluding carboxylic acids is 1. The van der Waals surface area contributed by atoms with Crippen molar-refractivity contribution >= 4 is 35.2 Å². The Morgan fingerprint density at radius 1 is 0.939 bits per heavy atom. The van der Waals surface area contributed by atoms with Crippen molar-refractivity contribution in [2.45, 2.75) is 36.7 Å². The molecule has 0 aliphatic heterocycles. The van der Waals surface area contributed by atoms with Gasteiger partial charge in [-0.2, -0.15) is 0 Å². The Bertz CT molecular complexity index is 1160. The Kier molecular flexibility index (Phi) is 7.81. The first-order chi connectivity index (χ1) is 16.2. The third kappa shape index (κ3) is 5.83. The molecule has 0 unspecified atom stereocenters. The van der Waals surface area contributed by atoms with E-state index in [2.05, 4.69) is 39.8 Å². The van der Waals surface area contributed by atoms with Crippen molar-refractivity contribution < 1.29 is 4.79 Å². The summed E-state index contributed by atoms with van der Waals surface area (Å²) in [6, 6.07) is 28.0. The van der Waals surface area contributed by atoms with Gasteiger partial charge in [-0.3, -0.25) is 14.7 Å². The summed E-state index contributed by atoms with van der Waals surface area (Å²) in [5.41, 5.74) is 3.24. The second-order valence-corrected chi connectivity index (χ2v) is 8.91. The lowest BCUT2D eigenvalue weighted by molar-refractivity contribution is -0.116. The molecule has 0 radical (unpaired) electrons. The fourth-order valence-corrected chi connectivity index (χ4v) is 4.98. The zero-order chi connectivity index (χ0) is 23.0. The minimum Gasteiger partial charge on any atom is -0.295 e. The van der Waals surface area contributed by atoms with Crippen molar-refractivity contribution in [3.8, 4) is 0 Å². The molecule has 0 aliphatic carbocycles. The molecule has 7 heteroatoms. The molecular formula is C26H25ClN4OS. The molecule has 33 heavy (non-hydrogen) atoms. The van der Waals surface area contributed by atoms with Gasteiger partial charge in [-0.1, -0.05) is 102 Å². The molecule has 4 rings (SSSR count). The molecule has 0 bridgehead atoms. The summed E-state index contributed by atoms with van der Waals surface area (Å²) in [7, 11) is 0. The van der Waals surface area contributed by atoms with E-state index in [1.165, 1.54) is 0 Å². The molecular weight excluding hydrogens is 452 g/mol. The number of nitrogens with one attached hydrogen (secondary N) is 1. The van der Waals surface area contributed by atoms with Crippen molar-refractivity contribution in [1.82, 2.24) is 14.8 Å². The van der Waals surface area contributed by atoms with Crippen LogP contribution >= 0.6 is 23.4 Å². The second-order valence-electron chi connectivity index (χ2n) is 7.56. The summed E-state index contributed by atoms with van der Waals surface area (Å²) < 4.78 is 1.92. The molecule has 168 valence electrons. The lowest BCUT2D eigenvalue weighted by Gasteiger charge is -2.18. The Hall–Kier alpha value is -3.09. The van der Waals surface area contributed by atoms with Gasteiger partial charge in [-0.25, -0.2) is 0 Å². The van der Waals surface area contributed by atoms with E-state index in [1.54, 1.807) is 11.8 Å². The fourth-order valence-electron chi connectivity index (χ4n) is 3.69. The SMILES string of the molecule is CCn1c(NC(=O)CC(c2ccccc2)c2ccccc2)nnc1SCc1ccccc1Cl. The van der Waals surface area contributed by atoms with Crippen LogP contribution in [0.4, 0.5) is 5.95 Å². The Balaban J connectivity index is 1.48. The molecule has 0 saturated heterocycles. The summed E-state index contributed by atoms with van der Waals surface area (Å²) >= 11 is 7.82. The maximum absolute atomic E-state index is 13.1. The van der Waals surface area contributed by atoms with Crippen LogP contribution in [0.25, 0.3) is 0 Å². The van der Waals surface area contributed by atoms with Crippen molar-refractivity contribution in [2.75, 3.05) is 5.32 Å². The predicted octanol–water partition coefficient (Wildman–Crippen LogP) is 6.40. The highest BCUT2D eigenvalue weighted by Crippen LogP contribution is 2.29. The third-order valence-corrected chi connectivity index (χ3v) is 6.78. The average Bonchev–Trinajstić information content (AvgIpc) is 3.24. The highest BCUT2D eigenvalue weighted by atomic mass is 35.5. The molecule has 0 fully saturated rings. The minimum atomic E-state index is -0.0996. The molecule has 1 heterocycles. The highest BCUT2D eigenvalue weighted by Gasteiger charge is 2.20. The van der Waals surface area contributed by atoms with Crippen LogP contribution < -0.4 is 5.32 Å². The van der Waals surface area contributed by atoms with Gasteiger partial charge in [-0.15, -0.1) is 10.2 Å². The summed E-state index contributed by atoms with van der Waals surface area (Å²) in [5.74, 6) is 0.997. The topological polar surface area (TPSA) is 59.8 Å². The summed E-state index contributed by atoms with van der Waals surface area (Å²) in [6.07, 6.45) is 0.312. The molecule has 1 amide bonds. The summed E-state index contributed by atoms with van der Waals surface area (Å²) in [5, 5.41) is 13.0. The zero-order valence-corrected chi connectivity index (χ0v) is 19.9. The number of halogens is 1. The van der Waals surface area contributed by atoms with Gasteiger partial charge in [0.2, 0.25) is 11.9 Å². The first-order valence-electron chi connectivity index (χ1n) is 10.8. The number of thioether (sulfide) groups is 1. The van der Waals surface area contributed by atoms with Crippen molar-refractivity contribution in [3.63, 3.8) is 0 Å². The van der Waals surface area contributed by atoms with Gasteiger partial charge in [0.15, 0.2) is 5.16 Å². The molecule has 0 atom stereocenters. The van der Waals surface area contributed by atoms with E-state index in [-0.39, 0.29) is 11.8 Å². The number of carbonyl (C=O) groups is 1. The van der Waals surface area contributed by atoms with E-state index >= 15 is 0 Å². The monoisotopic (exact) mass is 476 g/mol. The van der Waals surface area contributed by atoms with Crippen LogP contribution in [0.2, 0.25) is 5.02 Å². The van der Waals surface area contributed by atoms with Gasteiger partial charge in [0, 0.05) is 29.7 Å². The van der Waals surface area contributed by atoms with Crippen molar-refractivity contribution in [3.05, 3.63) is 107 Å². The fraction of sp³-hybridized carbons (Fsp3) is 0.192. The number of hydrogen-bond donors (Lipinski definition) is 1. The number of nitrogens with zero attached hydrogens (tertiary/aromatic N) is 3. The van der Waals surface area contributed by atoms with E-state index < -0.39 is 0 Å². The molecule has 0 aliphatic rings. The Labute approximate surface area is 203 Å². The minimum absolute atomic E-state index is 0.0422. The Morgan fingerprint density at radius 2 is 1.55 bits per heavy atom. The summed E-state index contributed by atoms with van der Waals surface area (Å²) in [4.78, 5) is 13.1. The standard InChI is InChI=1S/C26H25ClN4OS/c1-2-31-25(29-30-26(31)33-18-21-15-9-10-16-23(21)27)28-24(32)17-22(19-11-5-3-6-12-19)20-13-7-4-8-14-20/h3-16,22H,2,17-18H2,1H3,(H,28,29,32). The quantitative estimate of drug-likeness (QED) is 0.284. The van der Waals surface area contributed by atoms with Crippen LogP contribution in [0.1, 0.15) is 36.0 Å². The number of hydrogen-bond acceptors (Lipinski definition) is 4. The number of benzene rings is 3. The van der Waals surface area contributed by atoms with Crippen LogP contribution in [-0.2, 0) is 17.1 Å². The van der Waals surface area contributed by atoms with Gasteiger partial charge < -0.3 is 0 Å². The van der Waals surface area contributed by atoms with Crippen molar-refractivity contribution in [2.24, 2.45) is 0 Å². The molecule has 3 aromatic carbocycles. The second kappa shape index (κ2) is 11.2. The molecule has 1 N–H and O–H groups in total. The number of amides is 1. The molecule has 0 spiro atoms. The molecule has 1 aromatic heterocycles. The number of aromatic nitrogens is 3. The van der Waals surface area contributed by atoms with Gasteiger partial charge in [0.05, 0.1) is 0 Å². The smallest absolute Gasteiger partial charge is 0.231 e. The van der Waals surface area contributed by atoms with Crippen LogP contribution in [0.15, 0.2) is 90.1 Å². The predicted molar refractivity (Wildman–Crippen MR) is 135 cm³/mol. The lowest BCUT2D eigenvalue weighted by atomic mass is 9.88. The van der Waals surface area contributed by atoms with Crippen LogP contribution in [0, 0.1) is 0 Å². The number of rotatable bonds is 9. The van der Waals surface area contributed by atoms with Gasteiger partial charge in [0.25, 0.3) is 0 Å².